The standard InChI is InChI=1S/C16H23NO5S/c1-12-8-9-14(15(10-12)21-2)22-11-16(18)17-23(19,20)13-6-4-3-5-7-13/h8-10,13H,3-7,11H2,1-2H3,(H,17,18). The molecular formula is C16H23NO5S. The maximum absolute atomic E-state index is 12.2. The highest BCUT2D eigenvalue weighted by Crippen LogP contribution is 2.27. The van der Waals surface area contributed by atoms with Crippen LogP contribution in [0, 0.1) is 6.92 Å². The van der Waals surface area contributed by atoms with Crippen LogP contribution in [0.3, 0.4) is 0 Å². The van der Waals surface area contributed by atoms with E-state index in [1.54, 1.807) is 12.1 Å². The normalized spacial score (nSPS) is 15.9. The number of carbonyl (C=O) groups excluding carboxylic acids is 1. The molecule has 0 atom stereocenters. The van der Waals surface area contributed by atoms with Gasteiger partial charge in [0.15, 0.2) is 18.1 Å². The first-order valence-corrected chi connectivity index (χ1v) is 9.29. The Kier molecular flexibility index (Phi) is 5.87. The summed E-state index contributed by atoms with van der Waals surface area (Å²) in [7, 11) is -2.11. The Labute approximate surface area is 137 Å². The van der Waals surface area contributed by atoms with Gasteiger partial charge in [-0.1, -0.05) is 25.3 Å². The summed E-state index contributed by atoms with van der Waals surface area (Å²) in [5.41, 5.74) is 0.999. The molecule has 1 N–H and O–H groups in total. The van der Waals surface area contributed by atoms with Crippen LogP contribution in [0.25, 0.3) is 0 Å². The van der Waals surface area contributed by atoms with Crippen LogP contribution >= 0.6 is 0 Å². The molecule has 0 spiro atoms. The maximum atomic E-state index is 12.2. The first kappa shape index (κ1) is 17.6. The summed E-state index contributed by atoms with van der Waals surface area (Å²) in [6.45, 7) is 1.54. The van der Waals surface area contributed by atoms with Crippen molar-refractivity contribution >= 4 is 15.9 Å². The number of aryl methyl sites for hydroxylation is 1. The molecule has 6 nitrogen and oxygen atoms in total. The minimum absolute atomic E-state index is 0.370. The Balaban J connectivity index is 1.92. The van der Waals surface area contributed by atoms with Crippen LogP contribution in [0.2, 0.25) is 0 Å². The Morgan fingerprint density at radius 1 is 1.22 bits per heavy atom. The molecule has 0 aromatic heterocycles. The van der Waals surface area contributed by atoms with E-state index in [0.717, 1.165) is 24.8 Å². The third-order valence-electron chi connectivity index (χ3n) is 3.93. The monoisotopic (exact) mass is 341 g/mol. The molecule has 0 aliphatic heterocycles. The highest BCUT2D eigenvalue weighted by molar-refractivity contribution is 7.90. The quantitative estimate of drug-likeness (QED) is 0.857. The van der Waals surface area contributed by atoms with E-state index in [9.17, 15) is 13.2 Å². The second-order valence-electron chi connectivity index (χ2n) is 5.77. The van der Waals surface area contributed by atoms with Gasteiger partial charge in [0.25, 0.3) is 5.91 Å². The zero-order valence-electron chi connectivity index (χ0n) is 13.5. The molecule has 23 heavy (non-hydrogen) atoms. The molecule has 128 valence electrons. The minimum atomic E-state index is -3.62. The van der Waals surface area contributed by atoms with Gasteiger partial charge in [0.1, 0.15) is 0 Å². The number of ether oxygens (including phenoxy) is 2. The van der Waals surface area contributed by atoms with Crippen molar-refractivity contribution in [3.8, 4) is 11.5 Å². The van der Waals surface area contributed by atoms with Gasteiger partial charge in [-0.25, -0.2) is 13.1 Å². The SMILES string of the molecule is COc1cc(C)ccc1OCC(=O)NS(=O)(=O)C1CCCCC1. The van der Waals surface area contributed by atoms with Gasteiger partial charge in [0.05, 0.1) is 12.4 Å². The summed E-state index contributed by atoms with van der Waals surface area (Å²) < 4.78 is 37.0. The van der Waals surface area contributed by atoms with Gasteiger partial charge in [-0.2, -0.15) is 0 Å². The van der Waals surface area contributed by atoms with Gasteiger partial charge in [0.2, 0.25) is 10.0 Å². The van der Waals surface area contributed by atoms with Crippen molar-refractivity contribution in [3.05, 3.63) is 23.8 Å². The zero-order chi connectivity index (χ0) is 16.9. The molecule has 1 aromatic carbocycles. The van der Waals surface area contributed by atoms with Crippen LogP contribution in [-0.2, 0) is 14.8 Å². The van der Waals surface area contributed by atoms with Crippen LogP contribution in [0.1, 0.15) is 37.7 Å². The number of methoxy groups -OCH3 is 1. The molecule has 1 amide bonds. The summed E-state index contributed by atoms with van der Waals surface area (Å²) in [6.07, 6.45) is 4.04. The topological polar surface area (TPSA) is 81.7 Å². The average Bonchev–Trinajstić information content (AvgIpc) is 2.54. The van der Waals surface area contributed by atoms with E-state index in [-0.39, 0.29) is 6.61 Å². The number of rotatable bonds is 6. The molecule has 0 saturated heterocycles. The van der Waals surface area contributed by atoms with Gasteiger partial charge < -0.3 is 9.47 Å². The smallest absolute Gasteiger partial charge is 0.271 e. The van der Waals surface area contributed by atoms with E-state index in [4.69, 9.17) is 9.47 Å². The van der Waals surface area contributed by atoms with E-state index >= 15 is 0 Å². The average molecular weight is 341 g/mol. The Morgan fingerprint density at radius 2 is 1.91 bits per heavy atom. The molecule has 0 radical (unpaired) electrons. The van der Waals surface area contributed by atoms with Crippen LogP contribution in [0.15, 0.2) is 18.2 Å². The molecule has 1 aromatic rings. The van der Waals surface area contributed by atoms with Gasteiger partial charge in [-0.3, -0.25) is 4.79 Å². The lowest BCUT2D eigenvalue weighted by Crippen LogP contribution is -2.41. The Hall–Kier alpha value is -1.76. The van der Waals surface area contributed by atoms with Crippen molar-refractivity contribution in [1.82, 2.24) is 4.72 Å². The number of nitrogens with one attached hydrogen (secondary N) is 1. The molecule has 2 rings (SSSR count). The van der Waals surface area contributed by atoms with E-state index in [1.807, 2.05) is 13.0 Å². The van der Waals surface area contributed by atoms with Crippen molar-refractivity contribution in [2.24, 2.45) is 0 Å². The molecule has 0 unspecified atom stereocenters. The summed E-state index contributed by atoms with van der Waals surface area (Å²) in [6, 6.07) is 5.30. The number of benzene rings is 1. The molecule has 1 fully saturated rings. The number of amides is 1. The van der Waals surface area contributed by atoms with Gasteiger partial charge in [-0.05, 0) is 37.5 Å². The molecule has 7 heteroatoms. The molecule has 1 aliphatic rings. The van der Waals surface area contributed by atoms with E-state index < -0.39 is 21.2 Å². The van der Waals surface area contributed by atoms with Crippen LogP contribution < -0.4 is 14.2 Å². The molecule has 1 aliphatic carbocycles. The largest absolute Gasteiger partial charge is 0.493 e. The summed E-state index contributed by atoms with van der Waals surface area (Å²) >= 11 is 0. The van der Waals surface area contributed by atoms with Crippen molar-refractivity contribution in [2.45, 2.75) is 44.3 Å². The van der Waals surface area contributed by atoms with Gasteiger partial charge >= 0.3 is 0 Å². The van der Waals surface area contributed by atoms with Gasteiger partial charge in [-0.15, -0.1) is 0 Å². The minimum Gasteiger partial charge on any atom is -0.493 e. The van der Waals surface area contributed by atoms with E-state index in [1.165, 1.54) is 7.11 Å². The fourth-order valence-electron chi connectivity index (χ4n) is 2.68. The van der Waals surface area contributed by atoms with Crippen molar-refractivity contribution in [1.29, 1.82) is 0 Å². The predicted molar refractivity (Wildman–Crippen MR) is 87.2 cm³/mol. The molecular weight excluding hydrogens is 318 g/mol. The van der Waals surface area contributed by atoms with E-state index in [2.05, 4.69) is 4.72 Å². The first-order chi connectivity index (χ1) is 10.9. The van der Waals surface area contributed by atoms with Gasteiger partial charge in [0, 0.05) is 0 Å². The maximum Gasteiger partial charge on any atom is 0.271 e. The van der Waals surface area contributed by atoms with E-state index in [0.29, 0.717) is 24.3 Å². The number of hydrogen-bond acceptors (Lipinski definition) is 5. The Morgan fingerprint density at radius 3 is 2.57 bits per heavy atom. The molecule has 1 saturated carbocycles. The predicted octanol–water partition coefficient (Wildman–Crippen LogP) is 2.16. The van der Waals surface area contributed by atoms with Crippen molar-refractivity contribution < 1.29 is 22.7 Å². The number of sulfonamides is 1. The third kappa shape index (κ3) is 4.86. The zero-order valence-corrected chi connectivity index (χ0v) is 14.3. The lowest BCUT2D eigenvalue weighted by Gasteiger charge is -2.21. The van der Waals surface area contributed by atoms with Crippen LogP contribution in [0.5, 0.6) is 11.5 Å². The lowest BCUT2D eigenvalue weighted by atomic mass is 10.0. The van der Waals surface area contributed by atoms with Crippen molar-refractivity contribution in [2.75, 3.05) is 13.7 Å². The number of carbonyl (C=O) groups is 1. The molecule has 0 heterocycles. The highest BCUT2D eigenvalue weighted by atomic mass is 32.2. The Bertz CT molecular complexity index is 650. The highest BCUT2D eigenvalue weighted by Gasteiger charge is 2.28. The van der Waals surface area contributed by atoms with Crippen molar-refractivity contribution in [3.63, 3.8) is 0 Å². The fraction of sp³-hybridized carbons (Fsp3) is 0.562. The van der Waals surface area contributed by atoms with Crippen LogP contribution in [0.4, 0.5) is 0 Å². The molecule has 0 bridgehead atoms. The third-order valence-corrected chi connectivity index (χ3v) is 5.79. The summed E-state index contributed by atoms with van der Waals surface area (Å²) in [5.74, 6) is 0.245. The number of hydrogen-bond donors (Lipinski definition) is 1. The fourth-order valence-corrected chi connectivity index (χ4v) is 4.18. The van der Waals surface area contributed by atoms with Crippen LogP contribution in [-0.4, -0.2) is 33.3 Å². The second-order valence-corrected chi connectivity index (χ2v) is 7.73. The second kappa shape index (κ2) is 7.68. The summed E-state index contributed by atoms with van der Waals surface area (Å²) in [5, 5.41) is -0.478. The lowest BCUT2D eigenvalue weighted by molar-refractivity contribution is -0.121. The first-order valence-electron chi connectivity index (χ1n) is 7.74. The summed E-state index contributed by atoms with van der Waals surface area (Å²) in [4.78, 5) is 11.9.